The van der Waals surface area contributed by atoms with Gasteiger partial charge in [0.15, 0.2) is 10.6 Å². The quantitative estimate of drug-likeness (QED) is 0.284. The molecule has 0 saturated heterocycles. The van der Waals surface area contributed by atoms with Gasteiger partial charge in [-0.25, -0.2) is 4.98 Å². The molecule has 1 amide bonds. The molecule has 0 bridgehead atoms. The van der Waals surface area contributed by atoms with Gasteiger partial charge in [-0.2, -0.15) is 0 Å². The van der Waals surface area contributed by atoms with E-state index in [1.54, 1.807) is 36.3 Å². The van der Waals surface area contributed by atoms with E-state index < -0.39 is 11.9 Å². The number of anilines is 1. The van der Waals surface area contributed by atoms with Crippen LogP contribution < -0.4 is 15.1 Å². The molecule has 3 aromatic carbocycles. The molecule has 6 rings (SSSR count). The van der Waals surface area contributed by atoms with Gasteiger partial charge in [-0.3, -0.25) is 14.5 Å². The van der Waals surface area contributed by atoms with Gasteiger partial charge >= 0.3 is 0 Å². The largest absolute Gasteiger partial charge is 0.496 e. The number of aromatic nitrogens is 1. The van der Waals surface area contributed by atoms with E-state index in [9.17, 15) is 9.59 Å². The zero-order valence-corrected chi connectivity index (χ0v) is 20.7. The van der Waals surface area contributed by atoms with Crippen molar-refractivity contribution in [2.45, 2.75) is 19.9 Å². The van der Waals surface area contributed by atoms with Gasteiger partial charge < -0.3 is 9.15 Å². The number of methoxy groups -OCH3 is 1. The van der Waals surface area contributed by atoms with Gasteiger partial charge in [-0.05, 0) is 55.3 Å². The minimum absolute atomic E-state index is 0.00730. The SMILES string of the molecule is COc1ccccc1[C@H]1c2c(oc3ccc(Cl)cc3c2=O)C(=O)N1c1nc2c(C)cc(C)cc2s1. The number of hydrogen-bond donors (Lipinski definition) is 0. The topological polar surface area (TPSA) is 72.6 Å². The lowest BCUT2D eigenvalue weighted by molar-refractivity contribution is 0.0971. The van der Waals surface area contributed by atoms with Gasteiger partial charge in [-0.15, -0.1) is 0 Å². The highest BCUT2D eigenvalue weighted by Crippen LogP contribution is 2.46. The van der Waals surface area contributed by atoms with E-state index in [0.717, 1.165) is 21.3 Å². The summed E-state index contributed by atoms with van der Waals surface area (Å²) in [5.74, 6) is 0.146. The molecule has 2 aromatic heterocycles. The Morgan fingerprint density at radius 1 is 1.09 bits per heavy atom. The number of carbonyl (C=O) groups is 1. The van der Waals surface area contributed by atoms with Crippen molar-refractivity contribution in [2.75, 3.05) is 12.0 Å². The third-order valence-corrected chi connectivity index (χ3v) is 7.53. The fourth-order valence-corrected chi connectivity index (χ4v) is 6.13. The molecule has 35 heavy (non-hydrogen) atoms. The number of amides is 1. The Morgan fingerprint density at radius 3 is 2.69 bits per heavy atom. The summed E-state index contributed by atoms with van der Waals surface area (Å²) in [6, 6.07) is 15.5. The van der Waals surface area contributed by atoms with Crippen molar-refractivity contribution in [2.24, 2.45) is 0 Å². The van der Waals surface area contributed by atoms with Crippen molar-refractivity contribution >= 4 is 55.2 Å². The minimum Gasteiger partial charge on any atom is -0.496 e. The summed E-state index contributed by atoms with van der Waals surface area (Å²) >= 11 is 7.59. The van der Waals surface area contributed by atoms with Crippen LogP contribution in [0.5, 0.6) is 5.75 Å². The lowest BCUT2D eigenvalue weighted by atomic mass is 9.98. The second kappa shape index (κ2) is 7.93. The number of carbonyl (C=O) groups excluding carboxylic acids is 1. The van der Waals surface area contributed by atoms with Gasteiger partial charge in [0.2, 0.25) is 5.76 Å². The molecule has 0 spiro atoms. The number of rotatable bonds is 3. The molecule has 1 aliphatic rings. The average Bonchev–Trinajstić information content (AvgIpc) is 3.38. The monoisotopic (exact) mass is 502 g/mol. The van der Waals surface area contributed by atoms with Crippen LogP contribution in [-0.2, 0) is 0 Å². The lowest BCUT2D eigenvalue weighted by Crippen LogP contribution is -2.29. The van der Waals surface area contributed by atoms with E-state index in [1.807, 2.05) is 32.0 Å². The van der Waals surface area contributed by atoms with Crippen molar-refractivity contribution < 1.29 is 13.9 Å². The molecule has 0 saturated carbocycles. The molecule has 0 aliphatic carbocycles. The smallest absolute Gasteiger partial charge is 0.297 e. The Bertz CT molecular complexity index is 1740. The van der Waals surface area contributed by atoms with Crippen LogP contribution >= 0.6 is 22.9 Å². The molecule has 0 radical (unpaired) electrons. The maximum atomic E-state index is 13.9. The van der Waals surface area contributed by atoms with Crippen molar-refractivity contribution in [1.29, 1.82) is 0 Å². The maximum absolute atomic E-state index is 13.9. The van der Waals surface area contributed by atoms with Crippen LogP contribution in [0.3, 0.4) is 0 Å². The first kappa shape index (κ1) is 21.8. The molecular formula is C27H19ClN2O4S. The predicted molar refractivity (Wildman–Crippen MR) is 138 cm³/mol. The fraction of sp³-hybridized carbons (Fsp3) is 0.148. The molecule has 3 heterocycles. The number of para-hydroxylation sites is 1. The zero-order chi connectivity index (χ0) is 24.4. The van der Waals surface area contributed by atoms with Crippen LogP contribution in [0.2, 0.25) is 5.02 Å². The summed E-state index contributed by atoms with van der Waals surface area (Å²) in [5, 5.41) is 1.22. The summed E-state index contributed by atoms with van der Waals surface area (Å²) < 4.78 is 12.6. The highest BCUT2D eigenvalue weighted by molar-refractivity contribution is 7.22. The van der Waals surface area contributed by atoms with Crippen molar-refractivity contribution in [1.82, 2.24) is 4.98 Å². The first-order chi connectivity index (χ1) is 16.9. The van der Waals surface area contributed by atoms with Crippen molar-refractivity contribution in [3.8, 4) is 5.75 Å². The minimum atomic E-state index is -0.768. The van der Waals surface area contributed by atoms with E-state index in [2.05, 4.69) is 12.1 Å². The van der Waals surface area contributed by atoms with Gasteiger partial charge in [-0.1, -0.05) is 47.2 Å². The molecule has 0 fully saturated rings. The summed E-state index contributed by atoms with van der Waals surface area (Å²) in [6.45, 7) is 4.03. The number of hydrogen-bond acceptors (Lipinski definition) is 6. The van der Waals surface area contributed by atoms with Crippen LogP contribution in [-0.4, -0.2) is 18.0 Å². The fourth-order valence-electron chi connectivity index (χ4n) is 4.79. The van der Waals surface area contributed by atoms with Crippen molar-refractivity contribution in [3.05, 3.63) is 97.9 Å². The Labute approximate surface area is 209 Å². The van der Waals surface area contributed by atoms with E-state index in [0.29, 0.717) is 32.4 Å². The Hall–Kier alpha value is -3.68. The van der Waals surface area contributed by atoms with Crippen LogP contribution in [0, 0.1) is 13.8 Å². The van der Waals surface area contributed by atoms with E-state index in [4.69, 9.17) is 25.7 Å². The summed E-state index contributed by atoms with van der Waals surface area (Å²) in [4.78, 5) is 34.0. The molecule has 6 nitrogen and oxygen atoms in total. The molecule has 8 heteroatoms. The van der Waals surface area contributed by atoms with Crippen LogP contribution in [0.1, 0.15) is 38.9 Å². The van der Waals surface area contributed by atoms with E-state index >= 15 is 0 Å². The highest BCUT2D eigenvalue weighted by atomic mass is 35.5. The summed E-state index contributed by atoms with van der Waals surface area (Å²) in [7, 11) is 1.56. The molecule has 1 aliphatic heterocycles. The third-order valence-electron chi connectivity index (χ3n) is 6.29. The predicted octanol–water partition coefficient (Wildman–Crippen LogP) is 6.43. The summed E-state index contributed by atoms with van der Waals surface area (Å²) in [5.41, 5.74) is 3.89. The number of fused-ring (bicyclic) bond motifs is 3. The van der Waals surface area contributed by atoms with Gasteiger partial charge in [0.05, 0.1) is 28.3 Å². The number of ether oxygens (including phenoxy) is 1. The van der Waals surface area contributed by atoms with Crippen LogP contribution in [0.25, 0.3) is 21.2 Å². The van der Waals surface area contributed by atoms with E-state index in [1.165, 1.54) is 11.3 Å². The number of nitrogens with zero attached hydrogens (tertiary/aromatic N) is 2. The van der Waals surface area contributed by atoms with Crippen LogP contribution in [0.15, 0.2) is 63.8 Å². The highest BCUT2D eigenvalue weighted by Gasteiger charge is 2.46. The first-order valence-electron chi connectivity index (χ1n) is 11.0. The number of halogens is 1. The van der Waals surface area contributed by atoms with Gasteiger partial charge in [0, 0.05) is 10.6 Å². The van der Waals surface area contributed by atoms with Gasteiger partial charge in [0.1, 0.15) is 17.4 Å². The second-order valence-electron chi connectivity index (χ2n) is 8.56. The van der Waals surface area contributed by atoms with Crippen molar-refractivity contribution in [3.63, 3.8) is 0 Å². The van der Waals surface area contributed by atoms with Crippen LogP contribution in [0.4, 0.5) is 5.13 Å². The Balaban J connectivity index is 1.67. The molecule has 174 valence electrons. The maximum Gasteiger partial charge on any atom is 0.297 e. The molecular weight excluding hydrogens is 484 g/mol. The molecule has 1 atom stereocenters. The normalized spacial score (nSPS) is 15.3. The zero-order valence-electron chi connectivity index (χ0n) is 19.1. The first-order valence-corrected chi connectivity index (χ1v) is 12.2. The lowest BCUT2D eigenvalue weighted by Gasteiger charge is -2.24. The van der Waals surface area contributed by atoms with Gasteiger partial charge in [0.25, 0.3) is 5.91 Å². The average molecular weight is 503 g/mol. The standard InChI is InChI=1S/C27H19ClN2O4S/c1-13-10-14(2)22-20(11-13)35-27(29-22)30-23(16-6-4-5-7-18(16)33-3)21-24(31)17-12-15(28)8-9-19(17)34-25(21)26(30)32/h4-12,23H,1-3H3/t23-/m0/s1. The Morgan fingerprint density at radius 2 is 1.89 bits per heavy atom. The third kappa shape index (κ3) is 3.26. The second-order valence-corrected chi connectivity index (χ2v) is 10.0. The molecule has 5 aromatic rings. The number of aryl methyl sites for hydroxylation is 2. The summed E-state index contributed by atoms with van der Waals surface area (Å²) in [6.07, 6.45) is 0. The molecule has 0 N–H and O–H groups in total. The number of benzene rings is 3. The Kier molecular flexibility index (Phi) is 4.95. The van der Waals surface area contributed by atoms with E-state index in [-0.39, 0.29) is 16.8 Å². The molecule has 0 unspecified atom stereocenters. The number of thiazole rings is 1.